The van der Waals surface area contributed by atoms with Gasteiger partial charge in [-0.2, -0.15) is 0 Å². The number of para-hydroxylation sites is 3. The van der Waals surface area contributed by atoms with E-state index in [2.05, 4.69) is 247 Å². The van der Waals surface area contributed by atoms with Gasteiger partial charge in [-0.05, 0) is 69.8 Å². The first-order chi connectivity index (χ1) is 34.2. The average molecular weight is 879 g/mol. The molecule has 0 amide bonds. The summed E-state index contributed by atoms with van der Waals surface area (Å²) in [6.07, 6.45) is 0. The van der Waals surface area contributed by atoms with Gasteiger partial charge < -0.3 is 4.57 Å². The summed E-state index contributed by atoms with van der Waals surface area (Å²) in [4.78, 5) is 15.7. The molecule has 4 heteroatoms. The highest BCUT2D eigenvalue weighted by Gasteiger charge is 2.20. The molecule has 0 unspecified atom stereocenters. The first kappa shape index (κ1) is 40.1. The maximum absolute atomic E-state index is 5.35. The quantitative estimate of drug-likeness (QED) is 0.143. The molecule has 0 bridgehead atoms. The predicted octanol–water partition coefficient (Wildman–Crippen LogP) is 16.9. The highest BCUT2D eigenvalue weighted by Crippen LogP contribution is 2.43. The molecule has 0 aliphatic carbocycles. The van der Waals surface area contributed by atoms with E-state index in [-0.39, 0.29) is 0 Å². The van der Waals surface area contributed by atoms with Crippen molar-refractivity contribution in [2.75, 3.05) is 0 Å². The summed E-state index contributed by atoms with van der Waals surface area (Å²) in [5.41, 5.74) is 18.2. The van der Waals surface area contributed by atoms with E-state index in [0.717, 1.165) is 78.0 Å². The van der Waals surface area contributed by atoms with E-state index in [1.54, 1.807) is 0 Å². The fraction of sp³-hybridized carbons (Fsp3) is 0. The summed E-state index contributed by atoms with van der Waals surface area (Å²) >= 11 is 0. The molecule has 0 spiro atoms. The maximum atomic E-state index is 5.35. The molecular formula is C65H42N4. The van der Waals surface area contributed by atoms with Gasteiger partial charge >= 0.3 is 0 Å². The summed E-state index contributed by atoms with van der Waals surface area (Å²) in [6.45, 7) is 0. The number of benzene rings is 10. The van der Waals surface area contributed by atoms with Crippen molar-refractivity contribution in [2.24, 2.45) is 0 Å². The predicted molar refractivity (Wildman–Crippen MR) is 287 cm³/mol. The van der Waals surface area contributed by atoms with Crippen molar-refractivity contribution in [3.05, 3.63) is 255 Å². The zero-order chi connectivity index (χ0) is 45.7. The first-order valence-corrected chi connectivity index (χ1v) is 23.4. The maximum Gasteiger partial charge on any atom is 0.160 e. The van der Waals surface area contributed by atoms with Crippen LogP contribution in [0.2, 0.25) is 0 Å². The van der Waals surface area contributed by atoms with Crippen molar-refractivity contribution >= 4 is 43.5 Å². The van der Waals surface area contributed by atoms with Crippen LogP contribution in [0.5, 0.6) is 0 Å². The SMILES string of the molecule is c1ccc(-c2ccc(-c3cc(-c4ccc(-c5ccc(-c6nc7ccccc7c7c6ccc6c7c7ccccc7n6-c6ccccc6)cc5)cc4)nc(-c4ccc(-c5ccccc5)cc4)n3)cc2)cc1. The minimum absolute atomic E-state index is 0.687. The van der Waals surface area contributed by atoms with E-state index in [0.29, 0.717) is 5.82 Å². The molecule has 69 heavy (non-hydrogen) atoms. The Morgan fingerprint density at radius 1 is 0.261 bits per heavy atom. The van der Waals surface area contributed by atoms with Gasteiger partial charge in [-0.25, -0.2) is 15.0 Å². The Kier molecular flexibility index (Phi) is 9.80. The van der Waals surface area contributed by atoms with Gasteiger partial charge in [-0.15, -0.1) is 0 Å². The third-order valence-electron chi connectivity index (χ3n) is 13.5. The highest BCUT2D eigenvalue weighted by molar-refractivity contribution is 6.29. The number of nitrogens with zero attached hydrogens (tertiary/aromatic N) is 4. The third-order valence-corrected chi connectivity index (χ3v) is 13.5. The van der Waals surface area contributed by atoms with Crippen molar-refractivity contribution in [3.63, 3.8) is 0 Å². The van der Waals surface area contributed by atoms with Crippen LogP contribution in [0.3, 0.4) is 0 Å². The fourth-order valence-electron chi connectivity index (χ4n) is 10.0. The normalized spacial score (nSPS) is 11.5. The molecule has 3 heterocycles. The molecule has 0 radical (unpaired) electrons. The molecule has 13 rings (SSSR count). The monoisotopic (exact) mass is 878 g/mol. The van der Waals surface area contributed by atoms with Gasteiger partial charge in [0.25, 0.3) is 0 Å². The Balaban J connectivity index is 0.862. The minimum Gasteiger partial charge on any atom is -0.309 e. The van der Waals surface area contributed by atoms with Gasteiger partial charge in [0.15, 0.2) is 5.82 Å². The van der Waals surface area contributed by atoms with Crippen LogP contribution in [0.4, 0.5) is 0 Å². The summed E-state index contributed by atoms with van der Waals surface area (Å²) in [5, 5.41) is 5.99. The second kappa shape index (κ2) is 16.9. The van der Waals surface area contributed by atoms with E-state index in [1.165, 1.54) is 43.9 Å². The molecule has 0 atom stereocenters. The lowest BCUT2D eigenvalue weighted by atomic mass is 9.95. The fourth-order valence-corrected chi connectivity index (χ4v) is 10.0. The van der Waals surface area contributed by atoms with E-state index >= 15 is 0 Å². The van der Waals surface area contributed by atoms with Gasteiger partial charge in [0, 0.05) is 54.9 Å². The van der Waals surface area contributed by atoms with Gasteiger partial charge in [0.1, 0.15) is 0 Å². The molecule has 0 fully saturated rings. The summed E-state index contributed by atoms with van der Waals surface area (Å²) < 4.78 is 2.39. The lowest BCUT2D eigenvalue weighted by Crippen LogP contribution is -1.96. The Morgan fingerprint density at radius 2 is 0.696 bits per heavy atom. The lowest BCUT2D eigenvalue weighted by Gasteiger charge is -2.13. The molecule has 10 aromatic carbocycles. The Morgan fingerprint density at radius 3 is 1.26 bits per heavy atom. The number of fused-ring (bicyclic) bond motifs is 7. The summed E-state index contributed by atoms with van der Waals surface area (Å²) in [6, 6.07) is 90.3. The zero-order valence-corrected chi connectivity index (χ0v) is 37.5. The van der Waals surface area contributed by atoms with Crippen LogP contribution in [0, 0.1) is 0 Å². The molecule has 4 nitrogen and oxygen atoms in total. The number of aromatic nitrogens is 4. The van der Waals surface area contributed by atoms with Crippen molar-refractivity contribution < 1.29 is 0 Å². The summed E-state index contributed by atoms with van der Waals surface area (Å²) in [7, 11) is 0. The minimum atomic E-state index is 0.687. The average Bonchev–Trinajstić information content (AvgIpc) is 3.78. The molecule has 13 aromatic rings. The van der Waals surface area contributed by atoms with Gasteiger partial charge in [-0.3, -0.25) is 0 Å². The van der Waals surface area contributed by atoms with Crippen LogP contribution in [-0.2, 0) is 0 Å². The molecule has 0 saturated heterocycles. The van der Waals surface area contributed by atoms with Gasteiger partial charge in [-0.1, -0.05) is 218 Å². The molecule has 0 N–H and O–H groups in total. The van der Waals surface area contributed by atoms with Crippen molar-refractivity contribution in [1.82, 2.24) is 19.5 Å². The van der Waals surface area contributed by atoms with E-state index in [9.17, 15) is 0 Å². The second-order valence-corrected chi connectivity index (χ2v) is 17.6. The van der Waals surface area contributed by atoms with Crippen molar-refractivity contribution in [1.29, 1.82) is 0 Å². The van der Waals surface area contributed by atoms with Crippen LogP contribution >= 0.6 is 0 Å². The van der Waals surface area contributed by atoms with Crippen molar-refractivity contribution in [3.8, 4) is 84.2 Å². The highest BCUT2D eigenvalue weighted by atomic mass is 15.0. The lowest BCUT2D eigenvalue weighted by molar-refractivity contribution is 1.18. The molecule has 0 aliphatic heterocycles. The van der Waals surface area contributed by atoms with E-state index in [4.69, 9.17) is 15.0 Å². The number of pyridine rings is 1. The largest absolute Gasteiger partial charge is 0.309 e. The number of hydrogen-bond acceptors (Lipinski definition) is 3. The van der Waals surface area contributed by atoms with Crippen LogP contribution in [-0.4, -0.2) is 19.5 Å². The third kappa shape index (κ3) is 7.23. The summed E-state index contributed by atoms with van der Waals surface area (Å²) in [5.74, 6) is 0.687. The van der Waals surface area contributed by atoms with Crippen LogP contribution in [0.25, 0.3) is 128 Å². The van der Waals surface area contributed by atoms with Gasteiger partial charge in [0.2, 0.25) is 0 Å². The Labute approximate surface area is 400 Å². The molecular weight excluding hydrogens is 837 g/mol. The topological polar surface area (TPSA) is 43.6 Å². The molecule has 3 aromatic heterocycles. The smallest absolute Gasteiger partial charge is 0.160 e. The molecule has 322 valence electrons. The second-order valence-electron chi connectivity index (χ2n) is 17.6. The van der Waals surface area contributed by atoms with E-state index in [1.807, 2.05) is 12.1 Å². The van der Waals surface area contributed by atoms with Crippen LogP contribution in [0.15, 0.2) is 255 Å². The van der Waals surface area contributed by atoms with Crippen LogP contribution < -0.4 is 0 Å². The Bertz CT molecular complexity index is 3890. The molecule has 0 aliphatic rings. The number of hydrogen-bond donors (Lipinski definition) is 0. The molecule has 0 saturated carbocycles. The standard InChI is InChI=1S/C65H42N4/c1-4-14-43(15-5-1)45-24-32-49(33-25-45)58-42-59(68-65(67-58)52-38-30-46(31-39-52)44-16-6-2-7-17-44)50-34-26-47(27-35-50)48-28-36-51(37-29-48)64-56-40-41-61-63(62(56)54-20-10-12-22-57(54)66-64)55-21-11-13-23-60(55)69(61)53-18-8-3-9-19-53/h1-42H. The van der Waals surface area contributed by atoms with Gasteiger partial charge in [0.05, 0.1) is 33.6 Å². The zero-order valence-electron chi connectivity index (χ0n) is 37.5. The first-order valence-electron chi connectivity index (χ1n) is 23.4. The van der Waals surface area contributed by atoms with Crippen LogP contribution in [0.1, 0.15) is 0 Å². The van der Waals surface area contributed by atoms with Crippen molar-refractivity contribution in [2.45, 2.75) is 0 Å². The van der Waals surface area contributed by atoms with E-state index < -0.39 is 0 Å². The number of rotatable bonds is 8. The Hall–Kier alpha value is -9.25.